The predicted molar refractivity (Wildman–Crippen MR) is 131 cm³/mol. The number of fused-ring (bicyclic) bond motifs is 1. The highest BCUT2D eigenvalue weighted by molar-refractivity contribution is 6.02. The minimum absolute atomic E-state index is 0.0403. The molecule has 0 amide bonds. The molecule has 0 radical (unpaired) electrons. The van der Waals surface area contributed by atoms with E-state index in [1.807, 2.05) is 0 Å². The molecule has 2 aromatic rings. The second kappa shape index (κ2) is 8.54. The first-order valence-corrected chi connectivity index (χ1v) is 13.5. The zero-order valence-corrected chi connectivity index (χ0v) is 21.9. The van der Waals surface area contributed by atoms with Crippen LogP contribution < -0.4 is 0 Å². The molecule has 4 bridgehead atoms. The van der Waals surface area contributed by atoms with Crippen molar-refractivity contribution in [1.29, 1.82) is 0 Å². The molecule has 4 aliphatic carbocycles. The maximum atomic E-state index is 16.2. The zero-order chi connectivity index (χ0) is 28.1. The number of carbonyl (C=O) groups is 2. The van der Waals surface area contributed by atoms with Gasteiger partial charge in [0.1, 0.15) is 5.92 Å². The topological polar surface area (TPSA) is 57.5 Å². The summed E-state index contributed by atoms with van der Waals surface area (Å²) in [7, 11) is 1.54. The quantitative estimate of drug-likeness (QED) is 0.252. The smallest absolute Gasteiger partial charge is 0.458 e. The van der Waals surface area contributed by atoms with Crippen LogP contribution in [0.5, 0.6) is 0 Å². The Bertz CT molecular complexity index is 1380. The number of para-hydroxylation sites is 1. The number of aromatic nitrogens is 1. The lowest BCUT2D eigenvalue weighted by atomic mass is 9.52. The van der Waals surface area contributed by atoms with Crippen molar-refractivity contribution in [2.24, 2.45) is 36.6 Å². The van der Waals surface area contributed by atoms with Crippen molar-refractivity contribution in [3.05, 3.63) is 46.7 Å². The summed E-state index contributed by atoms with van der Waals surface area (Å²) in [5.74, 6) is -9.93. The standard InChI is InChI=1S/C29H30F5NO4/c1-4-38-26(37)24-22(21-17-10-15-9-16(12-17)13-18(21)11-15)25(36)39-27(24,28(30,31)29(32,33)34)23-14(2)35(3)20-8-6-5-7-19(20)23/h5-8,15-18,24H,4,9-13H2,1-3H3/t15?,16?,17?,18?,24-,27-/m1/s1. The van der Waals surface area contributed by atoms with Gasteiger partial charge in [-0.3, -0.25) is 4.79 Å². The lowest BCUT2D eigenvalue weighted by molar-refractivity contribution is -0.348. The van der Waals surface area contributed by atoms with Crippen LogP contribution in [0.4, 0.5) is 22.0 Å². The van der Waals surface area contributed by atoms with Crippen LogP contribution in [0.15, 0.2) is 35.4 Å². The van der Waals surface area contributed by atoms with Crippen LogP contribution in [-0.2, 0) is 31.7 Å². The number of nitrogens with zero attached hydrogens (tertiary/aromatic N) is 1. The minimum Gasteiger partial charge on any atom is -0.465 e. The average Bonchev–Trinajstić information content (AvgIpc) is 3.30. The number of hydrogen-bond acceptors (Lipinski definition) is 4. The molecule has 0 unspecified atom stereocenters. The number of benzene rings is 1. The largest absolute Gasteiger partial charge is 0.465 e. The van der Waals surface area contributed by atoms with E-state index in [4.69, 9.17) is 9.47 Å². The summed E-state index contributed by atoms with van der Waals surface area (Å²) >= 11 is 0. The van der Waals surface area contributed by atoms with Crippen molar-refractivity contribution < 1.29 is 41.0 Å². The first-order valence-electron chi connectivity index (χ1n) is 13.5. The third kappa shape index (κ3) is 3.41. The van der Waals surface area contributed by atoms with Gasteiger partial charge in [-0.1, -0.05) is 23.8 Å². The van der Waals surface area contributed by atoms with Crippen molar-refractivity contribution in [2.45, 2.75) is 63.7 Å². The number of alkyl halides is 5. The first kappa shape index (κ1) is 26.3. The highest BCUT2D eigenvalue weighted by atomic mass is 19.4. The number of cyclic esters (lactones) is 1. The van der Waals surface area contributed by atoms with Crippen molar-refractivity contribution in [3.63, 3.8) is 0 Å². The fourth-order valence-electron chi connectivity index (χ4n) is 8.30. The Morgan fingerprint density at radius 1 is 1.05 bits per heavy atom. The van der Waals surface area contributed by atoms with E-state index in [-0.39, 0.29) is 35.1 Å². The van der Waals surface area contributed by atoms with Crippen molar-refractivity contribution in [3.8, 4) is 0 Å². The van der Waals surface area contributed by atoms with Crippen LogP contribution in [0.3, 0.4) is 0 Å². The third-order valence-electron chi connectivity index (χ3n) is 9.61. The number of hydrogen-bond donors (Lipinski definition) is 0. The summed E-state index contributed by atoms with van der Waals surface area (Å²) in [6.45, 7) is 2.58. The van der Waals surface area contributed by atoms with Crippen LogP contribution in [0.1, 0.15) is 50.3 Å². The summed E-state index contributed by atoms with van der Waals surface area (Å²) in [5.41, 5.74) is -3.60. The monoisotopic (exact) mass is 551 g/mol. The normalized spacial score (nSPS) is 32.3. The lowest BCUT2D eigenvalue weighted by Crippen LogP contribution is -2.60. The molecule has 0 N–H and O–H groups in total. The van der Waals surface area contributed by atoms with Gasteiger partial charge in [0.15, 0.2) is 0 Å². The minimum atomic E-state index is -6.13. The van der Waals surface area contributed by atoms with E-state index in [2.05, 4.69) is 0 Å². The molecule has 1 aliphatic heterocycles. The molecule has 210 valence electrons. The van der Waals surface area contributed by atoms with Gasteiger partial charge in [-0.15, -0.1) is 0 Å². The van der Waals surface area contributed by atoms with Crippen LogP contribution in [-0.4, -0.2) is 35.2 Å². The van der Waals surface area contributed by atoms with Gasteiger partial charge in [-0.2, -0.15) is 22.0 Å². The molecule has 5 nitrogen and oxygen atoms in total. The zero-order valence-electron chi connectivity index (χ0n) is 21.9. The molecule has 1 saturated heterocycles. The molecule has 1 aromatic heterocycles. The molecule has 5 aliphatic rings. The number of esters is 2. The Hall–Kier alpha value is -2.91. The van der Waals surface area contributed by atoms with Gasteiger partial charge in [0, 0.05) is 29.2 Å². The summed E-state index contributed by atoms with van der Waals surface area (Å²) in [6, 6.07) is 6.14. The molecular formula is C29H30F5NO4. The van der Waals surface area contributed by atoms with Gasteiger partial charge in [0.2, 0.25) is 5.60 Å². The van der Waals surface area contributed by atoms with Gasteiger partial charge >= 0.3 is 24.0 Å². The summed E-state index contributed by atoms with van der Waals surface area (Å²) in [4.78, 5) is 27.4. The number of aryl methyl sites for hydroxylation is 1. The van der Waals surface area contributed by atoms with E-state index in [1.165, 1.54) is 37.6 Å². The molecule has 7 rings (SSSR count). The van der Waals surface area contributed by atoms with E-state index < -0.39 is 41.1 Å². The third-order valence-corrected chi connectivity index (χ3v) is 9.61. The maximum absolute atomic E-state index is 16.2. The Labute approximate surface area is 222 Å². The number of rotatable bonds is 4. The highest BCUT2D eigenvalue weighted by Gasteiger charge is 2.81. The Balaban J connectivity index is 1.70. The molecule has 10 heteroatoms. The molecule has 39 heavy (non-hydrogen) atoms. The molecule has 4 saturated carbocycles. The van der Waals surface area contributed by atoms with Crippen LogP contribution in [0, 0.1) is 36.5 Å². The number of allylic oxidation sites excluding steroid dienone is 1. The second-order valence-electron chi connectivity index (χ2n) is 11.6. The number of carbonyl (C=O) groups excluding carboxylic acids is 2. The summed E-state index contributed by atoms with van der Waals surface area (Å²) < 4.78 is 87.7. The molecule has 0 spiro atoms. The van der Waals surface area contributed by atoms with E-state index in [1.54, 1.807) is 12.1 Å². The van der Waals surface area contributed by atoms with E-state index in [0.29, 0.717) is 22.9 Å². The lowest BCUT2D eigenvalue weighted by Gasteiger charge is -2.52. The molecule has 5 fully saturated rings. The average molecular weight is 552 g/mol. The fourth-order valence-corrected chi connectivity index (χ4v) is 8.30. The molecular weight excluding hydrogens is 521 g/mol. The van der Waals surface area contributed by atoms with Crippen molar-refractivity contribution >= 4 is 22.8 Å². The van der Waals surface area contributed by atoms with Gasteiger partial charge in [0.25, 0.3) is 0 Å². The van der Waals surface area contributed by atoms with E-state index in [0.717, 1.165) is 32.1 Å². The van der Waals surface area contributed by atoms with Gasteiger partial charge < -0.3 is 14.0 Å². The number of halogens is 5. The van der Waals surface area contributed by atoms with Gasteiger partial charge in [-0.05, 0) is 75.7 Å². The van der Waals surface area contributed by atoms with E-state index in [9.17, 15) is 22.8 Å². The van der Waals surface area contributed by atoms with Crippen LogP contribution in [0.2, 0.25) is 0 Å². The maximum Gasteiger partial charge on any atom is 0.458 e. The Morgan fingerprint density at radius 3 is 2.21 bits per heavy atom. The van der Waals surface area contributed by atoms with Gasteiger partial charge in [0.05, 0.1) is 12.2 Å². The number of ether oxygens (including phenoxy) is 2. The first-order chi connectivity index (χ1) is 18.3. The van der Waals surface area contributed by atoms with Crippen LogP contribution in [0.25, 0.3) is 10.9 Å². The predicted octanol–water partition coefficient (Wildman–Crippen LogP) is 6.37. The van der Waals surface area contributed by atoms with Crippen molar-refractivity contribution in [1.82, 2.24) is 4.57 Å². The molecule has 2 heterocycles. The molecule has 1 aromatic carbocycles. The summed E-state index contributed by atoms with van der Waals surface area (Å²) in [5, 5.41) is 0.0554. The van der Waals surface area contributed by atoms with Crippen molar-refractivity contribution in [2.75, 3.05) is 6.61 Å². The fraction of sp³-hybridized carbons (Fsp3) is 0.586. The van der Waals surface area contributed by atoms with E-state index >= 15 is 8.78 Å². The second-order valence-corrected chi connectivity index (χ2v) is 11.6. The molecule has 2 atom stereocenters. The summed E-state index contributed by atoms with van der Waals surface area (Å²) in [6.07, 6.45) is -2.16. The van der Waals surface area contributed by atoms with Gasteiger partial charge in [-0.25, -0.2) is 4.79 Å². The Morgan fingerprint density at radius 2 is 1.64 bits per heavy atom. The SMILES string of the molecule is CCOC(=O)[C@H]1C(=C2C3CC4CC(C3)CC2C4)C(=O)O[C@@]1(c1c(C)n(C)c2ccccc12)C(F)(F)C(F)(F)F. The highest BCUT2D eigenvalue weighted by Crippen LogP contribution is 2.65. The Kier molecular flexibility index (Phi) is 5.77. The van der Waals surface area contributed by atoms with Crippen LogP contribution >= 0.6 is 0 Å².